The van der Waals surface area contributed by atoms with Crippen LogP contribution in [0.15, 0.2) is 18.2 Å². The van der Waals surface area contributed by atoms with Gasteiger partial charge >= 0.3 is 0 Å². The first kappa shape index (κ1) is 13.5. The Kier molecular flexibility index (Phi) is 4.08. The van der Waals surface area contributed by atoms with Crippen LogP contribution in [0.3, 0.4) is 0 Å². The molecule has 0 saturated heterocycles. The monoisotopic (exact) mass is 257 g/mol. The number of amides is 1. The molecule has 0 aromatic heterocycles. The molecule has 94 valence electrons. The van der Waals surface area contributed by atoms with E-state index in [4.69, 9.17) is 10.9 Å². The van der Waals surface area contributed by atoms with E-state index in [0.29, 0.717) is 11.3 Å². The van der Waals surface area contributed by atoms with Crippen LogP contribution in [0.1, 0.15) is 15.9 Å². The number of aryl methyl sites for hydroxylation is 1. The van der Waals surface area contributed by atoms with Gasteiger partial charge in [0.05, 0.1) is 5.75 Å². The third-order valence-electron chi connectivity index (χ3n) is 2.20. The third-order valence-corrected chi connectivity index (χ3v) is 2.98. The van der Waals surface area contributed by atoms with Crippen molar-refractivity contribution >= 4 is 21.6 Å². The quantitative estimate of drug-likeness (QED) is 0.636. The Balaban J connectivity index is 2.61. The number of hydrogen-bond acceptors (Lipinski definition) is 4. The second-order valence-corrected chi connectivity index (χ2v) is 5.43. The average Bonchev–Trinajstić information content (AvgIpc) is 2.20. The molecule has 0 radical (unpaired) electrons. The summed E-state index contributed by atoms with van der Waals surface area (Å²) in [7, 11) is -3.55. The van der Waals surface area contributed by atoms with Crippen LogP contribution in [-0.4, -0.2) is 26.6 Å². The Morgan fingerprint density at radius 2 is 2.06 bits per heavy atom. The first-order valence-corrected chi connectivity index (χ1v) is 6.66. The molecule has 1 rings (SSSR count). The SMILES string of the molecule is Cc1cc(C(=O)NCCS(N)(=O)=O)ccc1N. The van der Waals surface area contributed by atoms with Gasteiger partial charge in [0, 0.05) is 17.8 Å². The van der Waals surface area contributed by atoms with Crippen LogP contribution in [0.5, 0.6) is 0 Å². The third kappa shape index (κ3) is 4.41. The van der Waals surface area contributed by atoms with Gasteiger partial charge in [0.1, 0.15) is 0 Å². The molecule has 1 aromatic rings. The number of rotatable bonds is 4. The minimum atomic E-state index is -3.55. The first-order chi connectivity index (χ1) is 7.79. The maximum absolute atomic E-state index is 11.6. The second-order valence-electron chi connectivity index (χ2n) is 3.69. The van der Waals surface area contributed by atoms with E-state index in [1.54, 1.807) is 25.1 Å². The Labute approximate surface area is 100 Å². The summed E-state index contributed by atoms with van der Waals surface area (Å²) < 4.78 is 21.3. The topological polar surface area (TPSA) is 115 Å². The summed E-state index contributed by atoms with van der Waals surface area (Å²) in [4.78, 5) is 11.6. The number of carbonyl (C=O) groups is 1. The lowest BCUT2D eigenvalue weighted by atomic mass is 10.1. The van der Waals surface area contributed by atoms with Gasteiger partial charge in [-0.1, -0.05) is 0 Å². The van der Waals surface area contributed by atoms with Crippen molar-refractivity contribution in [3.63, 3.8) is 0 Å². The molecule has 1 aromatic carbocycles. The highest BCUT2D eigenvalue weighted by atomic mass is 32.2. The second kappa shape index (κ2) is 5.15. The van der Waals surface area contributed by atoms with Crippen LogP contribution < -0.4 is 16.2 Å². The van der Waals surface area contributed by atoms with Gasteiger partial charge in [0.2, 0.25) is 10.0 Å². The van der Waals surface area contributed by atoms with E-state index in [1.807, 2.05) is 0 Å². The zero-order valence-electron chi connectivity index (χ0n) is 9.43. The van der Waals surface area contributed by atoms with E-state index in [1.165, 1.54) is 0 Å². The van der Waals surface area contributed by atoms with E-state index < -0.39 is 10.0 Å². The molecule has 0 fully saturated rings. The number of primary sulfonamides is 1. The van der Waals surface area contributed by atoms with E-state index in [-0.39, 0.29) is 18.2 Å². The Bertz CT molecular complexity index is 526. The van der Waals surface area contributed by atoms with Gasteiger partial charge in [-0.05, 0) is 30.7 Å². The smallest absolute Gasteiger partial charge is 0.251 e. The molecule has 17 heavy (non-hydrogen) atoms. The van der Waals surface area contributed by atoms with E-state index in [0.717, 1.165) is 5.56 Å². The Hall–Kier alpha value is -1.60. The molecule has 0 aliphatic carbocycles. The standard InChI is InChI=1S/C10H15N3O3S/c1-7-6-8(2-3-9(7)11)10(14)13-4-5-17(12,15)16/h2-3,6H,4-5,11H2,1H3,(H,13,14)(H2,12,15,16). The molecule has 0 aliphatic heterocycles. The highest BCUT2D eigenvalue weighted by Gasteiger charge is 2.08. The normalized spacial score (nSPS) is 11.2. The summed E-state index contributed by atoms with van der Waals surface area (Å²) in [6.07, 6.45) is 0. The number of nitrogens with one attached hydrogen (secondary N) is 1. The van der Waals surface area contributed by atoms with Crippen LogP contribution in [0.2, 0.25) is 0 Å². The van der Waals surface area contributed by atoms with Crippen LogP contribution >= 0.6 is 0 Å². The number of hydrogen-bond donors (Lipinski definition) is 3. The molecule has 0 aliphatic rings. The van der Waals surface area contributed by atoms with Crippen LogP contribution in [-0.2, 0) is 10.0 Å². The molecule has 6 nitrogen and oxygen atoms in total. The molecule has 0 bridgehead atoms. The summed E-state index contributed by atoms with van der Waals surface area (Å²) in [5.41, 5.74) is 7.45. The lowest BCUT2D eigenvalue weighted by Crippen LogP contribution is -2.31. The van der Waals surface area contributed by atoms with Crippen molar-refractivity contribution in [3.8, 4) is 0 Å². The molecule has 5 N–H and O–H groups in total. The van der Waals surface area contributed by atoms with E-state index >= 15 is 0 Å². The lowest BCUT2D eigenvalue weighted by Gasteiger charge is -2.06. The van der Waals surface area contributed by atoms with Crippen molar-refractivity contribution in [2.45, 2.75) is 6.92 Å². The number of nitrogen functional groups attached to an aromatic ring is 1. The minimum Gasteiger partial charge on any atom is -0.399 e. The Morgan fingerprint density at radius 1 is 1.41 bits per heavy atom. The van der Waals surface area contributed by atoms with Crippen LogP contribution in [0.25, 0.3) is 0 Å². The van der Waals surface area contributed by atoms with Gasteiger partial charge in [0.25, 0.3) is 5.91 Å². The summed E-state index contributed by atoms with van der Waals surface area (Å²) in [6.45, 7) is 1.78. The summed E-state index contributed by atoms with van der Waals surface area (Å²) in [5, 5.41) is 7.27. The molecular weight excluding hydrogens is 242 g/mol. The van der Waals surface area contributed by atoms with Gasteiger partial charge < -0.3 is 11.1 Å². The van der Waals surface area contributed by atoms with E-state index in [9.17, 15) is 13.2 Å². The van der Waals surface area contributed by atoms with Gasteiger partial charge in [-0.2, -0.15) is 0 Å². The highest BCUT2D eigenvalue weighted by Crippen LogP contribution is 2.12. The predicted octanol–water partition coefficient (Wildman–Crippen LogP) is -0.404. The number of benzene rings is 1. The van der Waals surface area contributed by atoms with Crippen molar-refractivity contribution in [1.29, 1.82) is 0 Å². The zero-order valence-corrected chi connectivity index (χ0v) is 10.3. The maximum atomic E-state index is 11.6. The van der Waals surface area contributed by atoms with Gasteiger partial charge in [0.15, 0.2) is 0 Å². The molecular formula is C10H15N3O3S. The zero-order chi connectivity index (χ0) is 13.1. The van der Waals surface area contributed by atoms with Crippen molar-refractivity contribution in [2.24, 2.45) is 5.14 Å². The molecule has 0 atom stereocenters. The van der Waals surface area contributed by atoms with Crippen molar-refractivity contribution in [3.05, 3.63) is 29.3 Å². The van der Waals surface area contributed by atoms with Crippen molar-refractivity contribution in [2.75, 3.05) is 18.0 Å². The van der Waals surface area contributed by atoms with Crippen molar-refractivity contribution in [1.82, 2.24) is 5.32 Å². The molecule has 0 spiro atoms. The van der Waals surface area contributed by atoms with E-state index in [2.05, 4.69) is 5.32 Å². The summed E-state index contributed by atoms with van der Waals surface area (Å²) in [6, 6.07) is 4.85. The predicted molar refractivity (Wildman–Crippen MR) is 65.9 cm³/mol. The molecule has 0 heterocycles. The fourth-order valence-corrected chi connectivity index (χ4v) is 1.61. The minimum absolute atomic E-state index is 0.0128. The first-order valence-electron chi connectivity index (χ1n) is 4.94. The number of nitrogens with two attached hydrogens (primary N) is 2. The van der Waals surface area contributed by atoms with Crippen LogP contribution in [0.4, 0.5) is 5.69 Å². The number of sulfonamides is 1. The van der Waals surface area contributed by atoms with Gasteiger partial charge in [-0.3, -0.25) is 4.79 Å². The summed E-state index contributed by atoms with van der Waals surface area (Å²) >= 11 is 0. The average molecular weight is 257 g/mol. The highest BCUT2D eigenvalue weighted by molar-refractivity contribution is 7.89. The molecule has 1 amide bonds. The van der Waals surface area contributed by atoms with Gasteiger partial charge in [-0.25, -0.2) is 13.6 Å². The molecule has 0 unspecified atom stereocenters. The molecule has 7 heteroatoms. The van der Waals surface area contributed by atoms with Crippen LogP contribution in [0, 0.1) is 6.92 Å². The number of carbonyl (C=O) groups excluding carboxylic acids is 1. The fourth-order valence-electron chi connectivity index (χ4n) is 1.23. The Morgan fingerprint density at radius 3 is 2.59 bits per heavy atom. The fraction of sp³-hybridized carbons (Fsp3) is 0.300. The summed E-state index contributed by atoms with van der Waals surface area (Å²) in [5.74, 6) is -0.635. The maximum Gasteiger partial charge on any atom is 0.251 e. The lowest BCUT2D eigenvalue weighted by molar-refractivity contribution is 0.0956. The molecule has 0 saturated carbocycles. The number of anilines is 1. The largest absolute Gasteiger partial charge is 0.399 e. The van der Waals surface area contributed by atoms with Crippen molar-refractivity contribution < 1.29 is 13.2 Å². The van der Waals surface area contributed by atoms with Gasteiger partial charge in [-0.15, -0.1) is 0 Å².